The SMILES string of the molecule is COCO[C@@H]1CC[C@]2(C)CC(=O)C[C@H]12. The zero-order chi connectivity index (χ0) is 10.2. The molecule has 80 valence electrons. The standard InChI is InChI=1S/C11H18O3/c1-11-4-3-10(14-7-13-2)9(11)5-8(12)6-11/h9-10H,3-7H2,1-2H3/t9-,10-,11-/m1/s1. The second-order valence-corrected chi connectivity index (χ2v) is 4.83. The van der Waals surface area contributed by atoms with Crippen molar-refractivity contribution in [3.05, 3.63) is 0 Å². The van der Waals surface area contributed by atoms with Gasteiger partial charge >= 0.3 is 0 Å². The molecule has 0 aromatic rings. The Morgan fingerprint density at radius 1 is 1.57 bits per heavy atom. The average molecular weight is 198 g/mol. The molecule has 0 amide bonds. The first-order valence-electron chi connectivity index (χ1n) is 5.28. The molecule has 0 heterocycles. The van der Waals surface area contributed by atoms with Gasteiger partial charge in [-0.25, -0.2) is 0 Å². The summed E-state index contributed by atoms with van der Waals surface area (Å²) in [4.78, 5) is 11.4. The molecule has 0 saturated heterocycles. The van der Waals surface area contributed by atoms with E-state index < -0.39 is 0 Å². The van der Waals surface area contributed by atoms with E-state index in [0.717, 1.165) is 19.3 Å². The number of methoxy groups -OCH3 is 1. The van der Waals surface area contributed by atoms with Crippen LogP contribution in [0, 0.1) is 11.3 Å². The van der Waals surface area contributed by atoms with Crippen LogP contribution in [0.1, 0.15) is 32.6 Å². The number of carbonyl (C=O) groups is 1. The van der Waals surface area contributed by atoms with E-state index in [0.29, 0.717) is 24.9 Å². The molecular weight excluding hydrogens is 180 g/mol. The predicted octanol–water partition coefficient (Wildman–Crippen LogP) is 1.75. The van der Waals surface area contributed by atoms with Gasteiger partial charge in [0.1, 0.15) is 12.6 Å². The second-order valence-electron chi connectivity index (χ2n) is 4.83. The summed E-state index contributed by atoms with van der Waals surface area (Å²) in [6, 6.07) is 0. The smallest absolute Gasteiger partial charge is 0.146 e. The van der Waals surface area contributed by atoms with Crippen LogP contribution in [0.3, 0.4) is 0 Å². The molecule has 0 radical (unpaired) electrons. The van der Waals surface area contributed by atoms with Crippen molar-refractivity contribution in [1.29, 1.82) is 0 Å². The highest BCUT2D eigenvalue weighted by Gasteiger charge is 2.51. The van der Waals surface area contributed by atoms with Crippen LogP contribution >= 0.6 is 0 Å². The first-order chi connectivity index (χ1) is 6.65. The second kappa shape index (κ2) is 3.63. The highest BCUT2D eigenvalue weighted by molar-refractivity contribution is 5.82. The Hall–Kier alpha value is -0.410. The Balaban J connectivity index is 2.00. The van der Waals surface area contributed by atoms with Gasteiger partial charge in [0, 0.05) is 20.0 Å². The van der Waals surface area contributed by atoms with Crippen molar-refractivity contribution in [3.8, 4) is 0 Å². The molecule has 2 saturated carbocycles. The van der Waals surface area contributed by atoms with Crippen molar-refractivity contribution in [2.75, 3.05) is 13.9 Å². The molecule has 2 aliphatic rings. The number of carbonyl (C=O) groups excluding carboxylic acids is 1. The Kier molecular flexibility index (Phi) is 2.62. The van der Waals surface area contributed by atoms with Gasteiger partial charge in [0.15, 0.2) is 0 Å². The maximum atomic E-state index is 11.4. The fourth-order valence-electron chi connectivity index (χ4n) is 3.03. The summed E-state index contributed by atoms with van der Waals surface area (Å²) in [5.74, 6) is 0.841. The van der Waals surface area contributed by atoms with Gasteiger partial charge in [-0.15, -0.1) is 0 Å². The number of rotatable bonds is 3. The molecule has 2 aliphatic carbocycles. The minimum Gasteiger partial charge on any atom is -0.359 e. The van der Waals surface area contributed by atoms with Crippen LogP contribution in [0.25, 0.3) is 0 Å². The van der Waals surface area contributed by atoms with Crippen molar-refractivity contribution in [3.63, 3.8) is 0 Å². The largest absolute Gasteiger partial charge is 0.359 e. The molecule has 14 heavy (non-hydrogen) atoms. The quantitative estimate of drug-likeness (QED) is 0.648. The van der Waals surface area contributed by atoms with E-state index in [4.69, 9.17) is 9.47 Å². The van der Waals surface area contributed by atoms with E-state index >= 15 is 0 Å². The highest BCUT2D eigenvalue weighted by Crippen LogP contribution is 2.53. The zero-order valence-corrected chi connectivity index (χ0v) is 8.91. The van der Waals surface area contributed by atoms with Crippen molar-refractivity contribution >= 4 is 5.78 Å². The number of Topliss-reactive ketones (excluding diaryl/α,β-unsaturated/α-hetero) is 1. The van der Waals surface area contributed by atoms with Crippen LogP contribution in [0.4, 0.5) is 0 Å². The third-order valence-corrected chi connectivity index (χ3v) is 3.79. The maximum Gasteiger partial charge on any atom is 0.146 e. The molecule has 3 nitrogen and oxygen atoms in total. The summed E-state index contributed by atoms with van der Waals surface area (Å²) < 4.78 is 10.5. The lowest BCUT2D eigenvalue weighted by molar-refractivity contribution is -0.119. The van der Waals surface area contributed by atoms with Gasteiger partial charge in [-0.2, -0.15) is 0 Å². The van der Waals surface area contributed by atoms with E-state index in [1.54, 1.807) is 7.11 Å². The Morgan fingerprint density at radius 3 is 3.07 bits per heavy atom. The molecule has 3 atom stereocenters. The van der Waals surface area contributed by atoms with Crippen molar-refractivity contribution in [2.45, 2.75) is 38.7 Å². The van der Waals surface area contributed by atoms with Crippen molar-refractivity contribution in [1.82, 2.24) is 0 Å². The van der Waals surface area contributed by atoms with Crippen LogP contribution in [-0.4, -0.2) is 25.8 Å². The summed E-state index contributed by atoms with van der Waals surface area (Å²) in [5.41, 5.74) is 0.218. The van der Waals surface area contributed by atoms with Crippen LogP contribution in [0.2, 0.25) is 0 Å². The van der Waals surface area contributed by atoms with E-state index in [1.165, 1.54) is 0 Å². The lowest BCUT2D eigenvalue weighted by atomic mass is 9.82. The molecule has 2 fully saturated rings. The summed E-state index contributed by atoms with van der Waals surface area (Å²) in [7, 11) is 1.63. The zero-order valence-electron chi connectivity index (χ0n) is 8.91. The minimum absolute atomic E-state index is 0.218. The fourth-order valence-corrected chi connectivity index (χ4v) is 3.03. The first kappa shape index (κ1) is 10.1. The van der Waals surface area contributed by atoms with E-state index in [1.807, 2.05) is 0 Å². The van der Waals surface area contributed by atoms with Crippen LogP contribution in [-0.2, 0) is 14.3 Å². The number of hydrogen-bond acceptors (Lipinski definition) is 3. The summed E-state index contributed by atoms with van der Waals surface area (Å²) in [6.07, 6.45) is 3.91. The Morgan fingerprint density at radius 2 is 2.36 bits per heavy atom. The number of hydrogen-bond donors (Lipinski definition) is 0. The molecule has 0 aliphatic heterocycles. The molecule has 0 aromatic carbocycles. The van der Waals surface area contributed by atoms with Gasteiger partial charge < -0.3 is 9.47 Å². The van der Waals surface area contributed by atoms with Gasteiger partial charge in [-0.3, -0.25) is 4.79 Å². The first-order valence-corrected chi connectivity index (χ1v) is 5.28. The normalized spacial score (nSPS) is 41.7. The molecular formula is C11H18O3. The third-order valence-electron chi connectivity index (χ3n) is 3.79. The number of ketones is 1. The van der Waals surface area contributed by atoms with Crippen LogP contribution < -0.4 is 0 Å². The summed E-state index contributed by atoms with van der Waals surface area (Å²) in [6.45, 7) is 2.57. The molecule has 2 rings (SSSR count). The van der Waals surface area contributed by atoms with Gasteiger partial charge in [0.05, 0.1) is 6.10 Å². The number of ether oxygens (including phenoxy) is 2. The lowest BCUT2D eigenvalue weighted by Crippen LogP contribution is -2.25. The predicted molar refractivity (Wildman–Crippen MR) is 51.8 cm³/mol. The lowest BCUT2D eigenvalue weighted by Gasteiger charge is -2.25. The van der Waals surface area contributed by atoms with Gasteiger partial charge in [0.2, 0.25) is 0 Å². The minimum atomic E-state index is 0.218. The fraction of sp³-hybridized carbons (Fsp3) is 0.909. The monoisotopic (exact) mass is 198 g/mol. The maximum absolute atomic E-state index is 11.4. The van der Waals surface area contributed by atoms with Gasteiger partial charge in [-0.1, -0.05) is 6.92 Å². The van der Waals surface area contributed by atoms with Gasteiger partial charge in [0.25, 0.3) is 0 Å². The van der Waals surface area contributed by atoms with Crippen LogP contribution in [0.5, 0.6) is 0 Å². The topological polar surface area (TPSA) is 35.5 Å². The average Bonchev–Trinajstić information content (AvgIpc) is 2.56. The van der Waals surface area contributed by atoms with Crippen molar-refractivity contribution in [2.24, 2.45) is 11.3 Å². The molecule has 0 N–H and O–H groups in total. The molecule has 0 aromatic heterocycles. The van der Waals surface area contributed by atoms with E-state index in [2.05, 4.69) is 6.92 Å². The van der Waals surface area contributed by atoms with Gasteiger partial charge in [-0.05, 0) is 24.2 Å². The highest BCUT2D eigenvalue weighted by atomic mass is 16.7. The Bertz CT molecular complexity index is 239. The van der Waals surface area contributed by atoms with Crippen molar-refractivity contribution < 1.29 is 14.3 Å². The molecule has 3 heteroatoms. The Labute approximate surface area is 84.8 Å². The van der Waals surface area contributed by atoms with E-state index in [9.17, 15) is 4.79 Å². The molecule has 0 unspecified atom stereocenters. The summed E-state index contributed by atoms with van der Waals surface area (Å²) >= 11 is 0. The molecule has 0 bridgehead atoms. The number of fused-ring (bicyclic) bond motifs is 1. The van der Waals surface area contributed by atoms with Crippen LogP contribution in [0.15, 0.2) is 0 Å². The third kappa shape index (κ3) is 1.59. The summed E-state index contributed by atoms with van der Waals surface area (Å²) in [5, 5.41) is 0. The van der Waals surface area contributed by atoms with E-state index in [-0.39, 0.29) is 11.5 Å². The molecule has 0 spiro atoms.